The lowest BCUT2D eigenvalue weighted by molar-refractivity contribution is 0.210. The van der Waals surface area contributed by atoms with Crippen molar-refractivity contribution in [3.8, 4) is 0 Å². The van der Waals surface area contributed by atoms with Gasteiger partial charge in [-0.3, -0.25) is 0 Å². The second-order valence-corrected chi connectivity index (χ2v) is 5.67. The van der Waals surface area contributed by atoms with E-state index in [0.717, 1.165) is 19.5 Å². The molecule has 1 saturated heterocycles. The Morgan fingerprint density at radius 1 is 1.33 bits per heavy atom. The maximum Gasteiger partial charge on any atom is 0.113 e. The van der Waals surface area contributed by atoms with E-state index in [-0.39, 0.29) is 6.04 Å². The number of hydrogen-bond donors (Lipinski definition) is 1. The Labute approximate surface area is 109 Å². The molecule has 0 bridgehead atoms. The second kappa shape index (κ2) is 5.02. The molecule has 2 unspecified atom stereocenters. The summed E-state index contributed by atoms with van der Waals surface area (Å²) in [5, 5.41) is 0. The lowest BCUT2D eigenvalue weighted by Gasteiger charge is -2.32. The van der Waals surface area contributed by atoms with Crippen molar-refractivity contribution in [2.45, 2.75) is 51.1 Å². The van der Waals surface area contributed by atoms with E-state index in [1.165, 1.54) is 43.9 Å². The molecule has 0 amide bonds. The molecule has 0 radical (unpaired) electrons. The quantitative estimate of drug-likeness (QED) is 0.869. The summed E-state index contributed by atoms with van der Waals surface area (Å²) >= 11 is 0. The van der Waals surface area contributed by atoms with Crippen molar-refractivity contribution in [3.63, 3.8) is 0 Å². The summed E-state index contributed by atoms with van der Waals surface area (Å²) in [5.41, 5.74) is 7.43. The van der Waals surface area contributed by atoms with Crippen LogP contribution in [-0.2, 0) is 6.54 Å². The molecule has 0 spiro atoms. The van der Waals surface area contributed by atoms with Crippen molar-refractivity contribution in [2.24, 2.45) is 5.73 Å². The molecular formula is C14H24N4. The van der Waals surface area contributed by atoms with Crippen LogP contribution in [0.1, 0.15) is 56.1 Å². The largest absolute Gasteiger partial charge is 0.330 e. The zero-order valence-corrected chi connectivity index (χ0v) is 11.3. The van der Waals surface area contributed by atoms with Crippen LogP contribution in [0.2, 0.25) is 0 Å². The molecule has 4 heteroatoms. The third kappa shape index (κ3) is 2.08. The minimum atomic E-state index is 0.200. The molecule has 100 valence electrons. The minimum Gasteiger partial charge on any atom is -0.330 e. The minimum absolute atomic E-state index is 0.200. The summed E-state index contributed by atoms with van der Waals surface area (Å²) in [5.74, 6) is 1.90. The SMILES string of the molecule is CCN1CCCC(c2ncc3n2CCCC3N)C1. The molecule has 2 N–H and O–H groups in total. The van der Waals surface area contributed by atoms with Gasteiger partial charge >= 0.3 is 0 Å². The van der Waals surface area contributed by atoms with Crippen LogP contribution in [-0.4, -0.2) is 34.1 Å². The van der Waals surface area contributed by atoms with Crippen LogP contribution >= 0.6 is 0 Å². The number of aromatic nitrogens is 2. The van der Waals surface area contributed by atoms with Gasteiger partial charge in [-0.05, 0) is 38.8 Å². The average Bonchev–Trinajstić information content (AvgIpc) is 2.84. The van der Waals surface area contributed by atoms with E-state index in [1.54, 1.807) is 0 Å². The van der Waals surface area contributed by atoms with Gasteiger partial charge in [-0.2, -0.15) is 0 Å². The highest BCUT2D eigenvalue weighted by Crippen LogP contribution is 2.31. The van der Waals surface area contributed by atoms with E-state index in [0.29, 0.717) is 5.92 Å². The van der Waals surface area contributed by atoms with Gasteiger partial charge in [0.1, 0.15) is 5.82 Å². The Kier molecular flexibility index (Phi) is 3.39. The van der Waals surface area contributed by atoms with E-state index in [2.05, 4.69) is 16.4 Å². The Bertz CT molecular complexity index is 412. The van der Waals surface area contributed by atoms with Crippen molar-refractivity contribution < 1.29 is 0 Å². The van der Waals surface area contributed by atoms with Gasteiger partial charge in [-0.1, -0.05) is 6.92 Å². The first-order valence-electron chi connectivity index (χ1n) is 7.33. The smallest absolute Gasteiger partial charge is 0.113 e. The lowest BCUT2D eigenvalue weighted by atomic mass is 9.96. The monoisotopic (exact) mass is 248 g/mol. The first kappa shape index (κ1) is 12.2. The van der Waals surface area contributed by atoms with Crippen LogP contribution in [0.25, 0.3) is 0 Å². The number of imidazole rings is 1. The summed E-state index contributed by atoms with van der Waals surface area (Å²) in [7, 11) is 0. The number of likely N-dealkylation sites (tertiary alicyclic amines) is 1. The topological polar surface area (TPSA) is 47.1 Å². The summed E-state index contributed by atoms with van der Waals surface area (Å²) < 4.78 is 2.40. The van der Waals surface area contributed by atoms with Crippen molar-refractivity contribution in [1.82, 2.24) is 14.5 Å². The van der Waals surface area contributed by atoms with Crippen LogP contribution in [0, 0.1) is 0 Å². The Hall–Kier alpha value is -0.870. The van der Waals surface area contributed by atoms with Crippen molar-refractivity contribution in [3.05, 3.63) is 17.7 Å². The van der Waals surface area contributed by atoms with E-state index in [1.807, 2.05) is 6.20 Å². The molecule has 0 saturated carbocycles. The molecule has 2 aliphatic rings. The van der Waals surface area contributed by atoms with E-state index in [4.69, 9.17) is 10.7 Å². The third-order valence-corrected chi connectivity index (χ3v) is 4.51. The van der Waals surface area contributed by atoms with Gasteiger partial charge in [0.05, 0.1) is 11.9 Å². The molecule has 3 rings (SSSR count). The Morgan fingerprint density at radius 3 is 3.00 bits per heavy atom. The van der Waals surface area contributed by atoms with E-state index in [9.17, 15) is 0 Å². The molecule has 0 aromatic carbocycles. The Balaban J connectivity index is 1.84. The van der Waals surface area contributed by atoms with Gasteiger partial charge < -0.3 is 15.2 Å². The Morgan fingerprint density at radius 2 is 2.17 bits per heavy atom. The van der Waals surface area contributed by atoms with Gasteiger partial charge in [0.2, 0.25) is 0 Å². The van der Waals surface area contributed by atoms with Crippen LogP contribution in [0.4, 0.5) is 0 Å². The fourth-order valence-electron chi connectivity index (χ4n) is 3.44. The van der Waals surface area contributed by atoms with E-state index < -0.39 is 0 Å². The van der Waals surface area contributed by atoms with Gasteiger partial charge in [0.15, 0.2) is 0 Å². The van der Waals surface area contributed by atoms with Crippen molar-refractivity contribution >= 4 is 0 Å². The number of nitrogens with two attached hydrogens (primary N) is 1. The number of fused-ring (bicyclic) bond motifs is 1. The highest BCUT2D eigenvalue weighted by Gasteiger charge is 2.27. The molecule has 3 heterocycles. The molecular weight excluding hydrogens is 224 g/mol. The molecule has 18 heavy (non-hydrogen) atoms. The van der Waals surface area contributed by atoms with Crippen molar-refractivity contribution in [2.75, 3.05) is 19.6 Å². The zero-order chi connectivity index (χ0) is 12.5. The number of likely N-dealkylation sites (N-methyl/N-ethyl adjacent to an activating group) is 1. The molecule has 0 aliphatic carbocycles. The van der Waals surface area contributed by atoms with Crippen LogP contribution < -0.4 is 5.73 Å². The highest BCUT2D eigenvalue weighted by atomic mass is 15.2. The number of piperidine rings is 1. The first-order valence-corrected chi connectivity index (χ1v) is 7.33. The summed E-state index contributed by atoms with van der Waals surface area (Å²) in [6.45, 7) is 6.94. The molecule has 4 nitrogen and oxygen atoms in total. The maximum atomic E-state index is 6.17. The molecule has 1 fully saturated rings. The fourth-order valence-corrected chi connectivity index (χ4v) is 3.44. The summed E-state index contributed by atoms with van der Waals surface area (Å²) in [6, 6.07) is 0.200. The number of hydrogen-bond acceptors (Lipinski definition) is 3. The van der Waals surface area contributed by atoms with Crippen LogP contribution in [0.5, 0.6) is 0 Å². The molecule has 1 aromatic rings. The molecule has 1 aromatic heterocycles. The highest BCUT2D eigenvalue weighted by molar-refractivity contribution is 5.15. The zero-order valence-electron chi connectivity index (χ0n) is 11.3. The standard InChI is InChI=1S/C14H24N4/c1-2-17-7-3-5-11(10-17)14-16-9-13-12(15)6-4-8-18(13)14/h9,11-12H,2-8,10,15H2,1H3. The second-order valence-electron chi connectivity index (χ2n) is 5.67. The van der Waals surface area contributed by atoms with Gasteiger partial charge in [-0.15, -0.1) is 0 Å². The molecule has 2 aliphatic heterocycles. The maximum absolute atomic E-state index is 6.17. The normalized spacial score (nSPS) is 29.2. The predicted molar refractivity (Wildman–Crippen MR) is 72.5 cm³/mol. The number of rotatable bonds is 2. The fraction of sp³-hybridized carbons (Fsp3) is 0.786. The predicted octanol–water partition coefficient (Wildman–Crippen LogP) is 1.88. The van der Waals surface area contributed by atoms with Gasteiger partial charge in [0.25, 0.3) is 0 Å². The van der Waals surface area contributed by atoms with Gasteiger partial charge in [0, 0.05) is 25.0 Å². The van der Waals surface area contributed by atoms with Crippen LogP contribution in [0.3, 0.4) is 0 Å². The average molecular weight is 248 g/mol. The lowest BCUT2D eigenvalue weighted by Crippen LogP contribution is -2.35. The van der Waals surface area contributed by atoms with Crippen LogP contribution in [0.15, 0.2) is 6.20 Å². The molecule has 2 atom stereocenters. The van der Waals surface area contributed by atoms with Gasteiger partial charge in [-0.25, -0.2) is 4.98 Å². The summed E-state index contributed by atoms with van der Waals surface area (Å²) in [6.07, 6.45) is 6.90. The third-order valence-electron chi connectivity index (χ3n) is 4.51. The summed E-state index contributed by atoms with van der Waals surface area (Å²) in [4.78, 5) is 7.24. The van der Waals surface area contributed by atoms with E-state index >= 15 is 0 Å². The number of nitrogens with zero attached hydrogens (tertiary/aromatic N) is 3. The van der Waals surface area contributed by atoms with Crippen molar-refractivity contribution in [1.29, 1.82) is 0 Å². The first-order chi connectivity index (χ1) is 8.79.